The first kappa shape index (κ1) is 11.2. The Labute approximate surface area is 105 Å². The highest BCUT2D eigenvalue weighted by atomic mass is 35.5. The van der Waals surface area contributed by atoms with E-state index in [9.17, 15) is 5.11 Å². The van der Waals surface area contributed by atoms with E-state index in [0.717, 1.165) is 36.1 Å². The maximum Gasteiger partial charge on any atom is 0.166 e. The highest BCUT2D eigenvalue weighted by Gasteiger charge is 2.45. The third kappa shape index (κ3) is 1.60. The third-order valence-electron chi connectivity index (χ3n) is 3.53. The maximum absolute atomic E-state index is 10.2. The van der Waals surface area contributed by atoms with Gasteiger partial charge in [0.05, 0.1) is 17.7 Å². The lowest BCUT2D eigenvalue weighted by atomic mass is 10.0. The minimum absolute atomic E-state index is 0.112. The van der Waals surface area contributed by atoms with Gasteiger partial charge in [-0.05, 0) is 25.8 Å². The molecular weight excluding hydrogens is 240 g/mol. The Bertz CT molecular complexity index is 480. The summed E-state index contributed by atoms with van der Waals surface area (Å²) in [5.74, 6) is 1.40. The number of halogens is 1. The number of aliphatic hydroxyl groups is 1. The molecule has 1 atom stereocenters. The summed E-state index contributed by atoms with van der Waals surface area (Å²) in [6.07, 6.45) is 2.42. The molecule has 4 heteroatoms. The van der Waals surface area contributed by atoms with Crippen LogP contribution in [0.25, 0.3) is 0 Å². The van der Waals surface area contributed by atoms with Gasteiger partial charge in [-0.2, -0.15) is 0 Å². The molecule has 2 aliphatic rings. The summed E-state index contributed by atoms with van der Waals surface area (Å²) in [6, 6.07) is 1.81. The summed E-state index contributed by atoms with van der Waals surface area (Å²) in [7, 11) is 1.61. The van der Waals surface area contributed by atoms with Gasteiger partial charge in [-0.3, -0.25) is 0 Å². The summed E-state index contributed by atoms with van der Waals surface area (Å²) in [4.78, 5) is 0. The van der Waals surface area contributed by atoms with E-state index in [1.165, 1.54) is 0 Å². The van der Waals surface area contributed by atoms with Crippen molar-refractivity contribution in [2.75, 3.05) is 7.11 Å². The average Bonchev–Trinajstić information content (AvgIpc) is 2.89. The van der Waals surface area contributed by atoms with E-state index in [4.69, 9.17) is 21.1 Å². The molecule has 1 fully saturated rings. The fraction of sp³-hybridized carbons (Fsp3) is 0.538. The lowest BCUT2D eigenvalue weighted by Crippen LogP contribution is -2.07. The van der Waals surface area contributed by atoms with Gasteiger partial charge >= 0.3 is 0 Å². The molecule has 0 aromatic heterocycles. The highest BCUT2D eigenvalue weighted by molar-refractivity contribution is 6.32. The Hall–Kier alpha value is -0.930. The van der Waals surface area contributed by atoms with Crippen molar-refractivity contribution in [2.24, 2.45) is 0 Å². The molecule has 0 saturated heterocycles. The van der Waals surface area contributed by atoms with Crippen molar-refractivity contribution in [3.05, 3.63) is 22.2 Å². The molecule has 0 bridgehead atoms. The van der Waals surface area contributed by atoms with Gasteiger partial charge in [0, 0.05) is 17.5 Å². The first-order chi connectivity index (χ1) is 8.05. The number of benzene rings is 1. The molecule has 3 rings (SSSR count). The quantitative estimate of drug-likeness (QED) is 0.882. The molecule has 17 heavy (non-hydrogen) atoms. The monoisotopic (exact) mass is 254 g/mol. The Morgan fingerprint density at radius 1 is 1.53 bits per heavy atom. The second kappa shape index (κ2) is 3.53. The minimum Gasteiger partial charge on any atom is -0.493 e. The number of ether oxygens (including phenoxy) is 2. The smallest absolute Gasteiger partial charge is 0.166 e. The summed E-state index contributed by atoms with van der Waals surface area (Å²) >= 11 is 6.38. The van der Waals surface area contributed by atoms with E-state index in [0.29, 0.717) is 10.8 Å². The molecule has 0 spiro atoms. The van der Waals surface area contributed by atoms with Crippen LogP contribution in [0.2, 0.25) is 5.02 Å². The van der Waals surface area contributed by atoms with E-state index in [-0.39, 0.29) is 6.10 Å². The zero-order chi connectivity index (χ0) is 12.2. The predicted octanol–water partition coefficient (Wildman–Crippen LogP) is 2.65. The fourth-order valence-corrected chi connectivity index (χ4v) is 2.78. The van der Waals surface area contributed by atoms with Crippen LogP contribution in [-0.4, -0.2) is 18.3 Å². The van der Waals surface area contributed by atoms with Crippen LogP contribution < -0.4 is 9.47 Å². The molecule has 0 radical (unpaired) electrons. The van der Waals surface area contributed by atoms with Crippen molar-refractivity contribution < 1.29 is 14.6 Å². The van der Waals surface area contributed by atoms with E-state index < -0.39 is 5.60 Å². The summed E-state index contributed by atoms with van der Waals surface area (Å²) in [5, 5.41) is 10.9. The second-order valence-electron chi connectivity index (χ2n) is 4.91. The van der Waals surface area contributed by atoms with Crippen LogP contribution in [0.5, 0.6) is 11.5 Å². The number of methoxy groups -OCH3 is 1. The Morgan fingerprint density at radius 3 is 2.82 bits per heavy atom. The molecule has 1 heterocycles. The summed E-state index contributed by atoms with van der Waals surface area (Å²) < 4.78 is 11.0. The van der Waals surface area contributed by atoms with Crippen LogP contribution in [0.4, 0.5) is 0 Å². The summed E-state index contributed by atoms with van der Waals surface area (Å²) in [5.41, 5.74) is 1.01. The van der Waals surface area contributed by atoms with Crippen LogP contribution in [0, 0.1) is 0 Å². The Kier molecular flexibility index (Phi) is 2.32. The molecule has 1 aromatic rings. The van der Waals surface area contributed by atoms with Crippen molar-refractivity contribution in [1.82, 2.24) is 0 Å². The van der Waals surface area contributed by atoms with Crippen LogP contribution in [0.15, 0.2) is 6.07 Å². The van der Waals surface area contributed by atoms with Crippen molar-refractivity contribution in [1.29, 1.82) is 0 Å². The second-order valence-corrected chi connectivity index (χ2v) is 5.29. The SMILES string of the molecule is COc1cc(C2(O)CC2)c(Cl)c2c1OC(C)C2. The standard InChI is InChI=1S/C13H15ClO3/c1-7-5-8-11(14)9(13(15)3-4-13)6-10(16-2)12(8)17-7/h6-7,15H,3-5H2,1-2H3. The van der Waals surface area contributed by atoms with E-state index in [1.54, 1.807) is 7.11 Å². The van der Waals surface area contributed by atoms with Gasteiger partial charge in [-0.25, -0.2) is 0 Å². The molecule has 1 aromatic carbocycles. The van der Waals surface area contributed by atoms with Gasteiger partial charge in [0.25, 0.3) is 0 Å². The minimum atomic E-state index is -0.745. The Balaban J connectivity index is 2.17. The van der Waals surface area contributed by atoms with Crippen LogP contribution >= 0.6 is 11.6 Å². The van der Waals surface area contributed by atoms with Crippen molar-refractivity contribution >= 4 is 11.6 Å². The van der Waals surface area contributed by atoms with Crippen molar-refractivity contribution in [3.8, 4) is 11.5 Å². The molecule has 1 aliphatic carbocycles. The molecular formula is C13H15ClO3. The predicted molar refractivity (Wildman–Crippen MR) is 64.9 cm³/mol. The lowest BCUT2D eigenvalue weighted by Gasteiger charge is -2.16. The molecule has 1 N–H and O–H groups in total. The van der Waals surface area contributed by atoms with Gasteiger partial charge in [-0.15, -0.1) is 0 Å². The zero-order valence-electron chi connectivity index (χ0n) is 9.92. The van der Waals surface area contributed by atoms with E-state index >= 15 is 0 Å². The van der Waals surface area contributed by atoms with Crippen molar-refractivity contribution in [3.63, 3.8) is 0 Å². The van der Waals surface area contributed by atoms with Crippen LogP contribution in [-0.2, 0) is 12.0 Å². The first-order valence-corrected chi connectivity index (χ1v) is 6.22. The normalized spacial score (nSPS) is 24.1. The maximum atomic E-state index is 10.2. The van der Waals surface area contributed by atoms with Crippen LogP contribution in [0.1, 0.15) is 30.9 Å². The largest absolute Gasteiger partial charge is 0.493 e. The first-order valence-electron chi connectivity index (χ1n) is 5.84. The van der Waals surface area contributed by atoms with Gasteiger partial charge < -0.3 is 14.6 Å². The van der Waals surface area contributed by atoms with Crippen LogP contribution in [0.3, 0.4) is 0 Å². The topological polar surface area (TPSA) is 38.7 Å². The fourth-order valence-electron chi connectivity index (χ4n) is 2.39. The Morgan fingerprint density at radius 2 is 2.24 bits per heavy atom. The molecule has 1 saturated carbocycles. The molecule has 3 nitrogen and oxygen atoms in total. The zero-order valence-corrected chi connectivity index (χ0v) is 10.7. The van der Waals surface area contributed by atoms with Gasteiger partial charge in [0.2, 0.25) is 0 Å². The van der Waals surface area contributed by atoms with Gasteiger partial charge in [-0.1, -0.05) is 11.6 Å². The lowest BCUT2D eigenvalue weighted by molar-refractivity contribution is 0.151. The number of hydrogen-bond acceptors (Lipinski definition) is 3. The molecule has 0 amide bonds. The summed E-state index contributed by atoms with van der Waals surface area (Å²) in [6.45, 7) is 2.00. The number of fused-ring (bicyclic) bond motifs is 1. The molecule has 1 aliphatic heterocycles. The van der Waals surface area contributed by atoms with E-state index in [2.05, 4.69) is 0 Å². The number of hydrogen-bond donors (Lipinski definition) is 1. The van der Waals surface area contributed by atoms with Gasteiger partial charge in [0.1, 0.15) is 6.10 Å². The molecule has 92 valence electrons. The van der Waals surface area contributed by atoms with E-state index in [1.807, 2.05) is 13.0 Å². The number of rotatable bonds is 2. The average molecular weight is 255 g/mol. The highest BCUT2D eigenvalue weighted by Crippen LogP contribution is 2.53. The third-order valence-corrected chi connectivity index (χ3v) is 3.96. The van der Waals surface area contributed by atoms with Gasteiger partial charge in [0.15, 0.2) is 11.5 Å². The molecule has 1 unspecified atom stereocenters. The van der Waals surface area contributed by atoms with Crippen molar-refractivity contribution in [2.45, 2.75) is 37.9 Å².